The van der Waals surface area contributed by atoms with Crippen molar-refractivity contribution in [3.63, 3.8) is 0 Å². The van der Waals surface area contributed by atoms with Gasteiger partial charge in [-0.2, -0.15) is 0 Å². The molecule has 7 heteroatoms. The molecule has 4 aromatic rings. The van der Waals surface area contributed by atoms with E-state index in [1.807, 2.05) is 85.7 Å². The second-order valence-corrected chi connectivity index (χ2v) is 9.10. The molecule has 0 aliphatic rings. The SMILES string of the molecule is CCc1ccccc1-n1c(SCC(=O)NCc2ccc(N(C)C)cc2)nc2ccccc2c1=O. The molecule has 0 bridgehead atoms. The Labute approximate surface area is 203 Å². The van der Waals surface area contributed by atoms with Crippen LogP contribution in [0.5, 0.6) is 0 Å². The second-order valence-electron chi connectivity index (χ2n) is 8.16. The van der Waals surface area contributed by atoms with Crippen LogP contribution in [0.1, 0.15) is 18.1 Å². The van der Waals surface area contributed by atoms with Crippen molar-refractivity contribution in [1.82, 2.24) is 14.9 Å². The zero-order chi connectivity index (χ0) is 24.1. The van der Waals surface area contributed by atoms with Gasteiger partial charge in [0, 0.05) is 26.3 Å². The average molecular weight is 473 g/mol. The number of hydrogen-bond donors (Lipinski definition) is 1. The highest BCUT2D eigenvalue weighted by Crippen LogP contribution is 2.23. The van der Waals surface area contributed by atoms with Crippen LogP contribution in [0.15, 0.2) is 82.7 Å². The Morgan fingerprint density at radius 1 is 1.00 bits per heavy atom. The van der Waals surface area contributed by atoms with Gasteiger partial charge in [-0.1, -0.05) is 61.2 Å². The number of anilines is 1. The van der Waals surface area contributed by atoms with Crippen molar-refractivity contribution in [1.29, 1.82) is 0 Å². The topological polar surface area (TPSA) is 67.2 Å². The molecule has 0 saturated heterocycles. The van der Waals surface area contributed by atoms with Crippen LogP contribution in [0, 0.1) is 0 Å². The van der Waals surface area contributed by atoms with Crippen molar-refractivity contribution in [3.05, 3.63) is 94.3 Å². The molecule has 1 aromatic heterocycles. The maximum atomic E-state index is 13.5. The molecule has 1 heterocycles. The molecule has 0 spiro atoms. The number of benzene rings is 3. The van der Waals surface area contributed by atoms with Gasteiger partial charge in [-0.15, -0.1) is 0 Å². The molecule has 174 valence electrons. The Bertz CT molecular complexity index is 1360. The average Bonchev–Trinajstić information content (AvgIpc) is 2.86. The van der Waals surface area contributed by atoms with Crippen molar-refractivity contribution in [2.45, 2.75) is 25.0 Å². The number of carbonyl (C=O) groups excluding carboxylic acids is 1. The molecule has 0 atom stereocenters. The van der Waals surface area contributed by atoms with Crippen LogP contribution in [0.25, 0.3) is 16.6 Å². The Morgan fingerprint density at radius 2 is 1.71 bits per heavy atom. The van der Waals surface area contributed by atoms with Crippen molar-refractivity contribution in [2.24, 2.45) is 0 Å². The van der Waals surface area contributed by atoms with Gasteiger partial charge in [0.15, 0.2) is 5.16 Å². The minimum absolute atomic E-state index is 0.112. The van der Waals surface area contributed by atoms with Gasteiger partial charge in [-0.25, -0.2) is 4.98 Å². The first kappa shape index (κ1) is 23.6. The van der Waals surface area contributed by atoms with E-state index >= 15 is 0 Å². The molecule has 6 nitrogen and oxygen atoms in total. The summed E-state index contributed by atoms with van der Waals surface area (Å²) in [5.41, 5.74) is 4.49. The van der Waals surface area contributed by atoms with Gasteiger partial charge in [0.2, 0.25) is 5.91 Å². The third kappa shape index (κ3) is 5.15. The number of thioether (sulfide) groups is 1. The monoisotopic (exact) mass is 472 g/mol. The van der Waals surface area contributed by atoms with E-state index in [1.165, 1.54) is 11.8 Å². The first-order valence-corrected chi connectivity index (χ1v) is 12.2. The lowest BCUT2D eigenvalue weighted by atomic mass is 10.1. The molecule has 0 unspecified atom stereocenters. The highest BCUT2D eigenvalue weighted by atomic mass is 32.2. The van der Waals surface area contributed by atoms with Crippen LogP contribution in [0.4, 0.5) is 5.69 Å². The number of aryl methyl sites for hydroxylation is 1. The number of hydrogen-bond acceptors (Lipinski definition) is 5. The molecular formula is C27H28N4O2S. The highest BCUT2D eigenvalue weighted by Gasteiger charge is 2.16. The first-order chi connectivity index (χ1) is 16.5. The summed E-state index contributed by atoms with van der Waals surface area (Å²) in [6.45, 7) is 2.51. The zero-order valence-corrected chi connectivity index (χ0v) is 20.4. The fraction of sp³-hybridized carbons (Fsp3) is 0.222. The summed E-state index contributed by atoms with van der Waals surface area (Å²) in [4.78, 5) is 32.9. The number of fused-ring (bicyclic) bond motifs is 1. The minimum atomic E-state index is -0.129. The van der Waals surface area contributed by atoms with E-state index in [0.29, 0.717) is 22.6 Å². The van der Waals surface area contributed by atoms with E-state index in [9.17, 15) is 9.59 Å². The molecule has 0 aliphatic carbocycles. The van der Waals surface area contributed by atoms with E-state index < -0.39 is 0 Å². The van der Waals surface area contributed by atoms with E-state index in [-0.39, 0.29) is 17.2 Å². The van der Waals surface area contributed by atoms with Crippen molar-refractivity contribution >= 4 is 34.3 Å². The smallest absolute Gasteiger partial charge is 0.266 e. The van der Waals surface area contributed by atoms with Gasteiger partial charge in [0.1, 0.15) is 0 Å². The lowest BCUT2D eigenvalue weighted by molar-refractivity contribution is -0.118. The minimum Gasteiger partial charge on any atom is -0.378 e. The maximum Gasteiger partial charge on any atom is 0.266 e. The number of para-hydroxylation sites is 2. The maximum absolute atomic E-state index is 13.5. The summed E-state index contributed by atoms with van der Waals surface area (Å²) in [7, 11) is 3.99. The molecule has 1 N–H and O–H groups in total. The van der Waals surface area contributed by atoms with Gasteiger partial charge < -0.3 is 10.2 Å². The third-order valence-electron chi connectivity index (χ3n) is 5.63. The van der Waals surface area contributed by atoms with E-state index in [0.717, 1.165) is 28.9 Å². The van der Waals surface area contributed by atoms with Crippen LogP contribution in [0.3, 0.4) is 0 Å². The lowest BCUT2D eigenvalue weighted by Crippen LogP contribution is -2.26. The number of rotatable bonds is 8. The van der Waals surface area contributed by atoms with Crippen LogP contribution < -0.4 is 15.8 Å². The van der Waals surface area contributed by atoms with E-state index in [2.05, 4.69) is 12.2 Å². The standard InChI is InChI=1S/C27H28N4O2S/c1-4-20-9-5-8-12-24(20)31-26(33)22-10-6-7-11-23(22)29-27(31)34-18-25(32)28-17-19-13-15-21(16-14-19)30(2)3/h5-16H,4,17-18H2,1-3H3,(H,28,32). The van der Waals surface area contributed by atoms with E-state index in [4.69, 9.17) is 4.98 Å². The number of amides is 1. The largest absolute Gasteiger partial charge is 0.378 e. The van der Waals surface area contributed by atoms with Crippen LogP contribution in [-0.4, -0.2) is 35.3 Å². The quantitative estimate of drug-likeness (QED) is 0.304. The van der Waals surface area contributed by atoms with Crippen molar-refractivity contribution < 1.29 is 4.79 Å². The molecule has 3 aromatic carbocycles. The fourth-order valence-corrected chi connectivity index (χ4v) is 4.58. The third-order valence-corrected chi connectivity index (χ3v) is 6.57. The van der Waals surface area contributed by atoms with Gasteiger partial charge in [0.05, 0.1) is 22.3 Å². The normalized spacial score (nSPS) is 10.9. The first-order valence-electron chi connectivity index (χ1n) is 11.2. The van der Waals surface area contributed by atoms with Crippen LogP contribution in [-0.2, 0) is 17.8 Å². The Kier molecular flexibility index (Phi) is 7.33. The predicted octanol–water partition coefficient (Wildman–Crippen LogP) is 4.42. The lowest BCUT2D eigenvalue weighted by Gasteiger charge is -2.16. The Morgan fingerprint density at radius 3 is 2.44 bits per heavy atom. The van der Waals surface area contributed by atoms with Gasteiger partial charge in [-0.3, -0.25) is 14.2 Å². The van der Waals surface area contributed by atoms with Gasteiger partial charge in [0.25, 0.3) is 5.56 Å². The summed E-state index contributed by atoms with van der Waals surface area (Å²) in [6.07, 6.45) is 0.784. The molecule has 4 rings (SSSR count). The molecule has 0 fully saturated rings. The zero-order valence-electron chi connectivity index (χ0n) is 19.6. The van der Waals surface area contributed by atoms with Gasteiger partial charge >= 0.3 is 0 Å². The number of nitrogens with zero attached hydrogens (tertiary/aromatic N) is 3. The number of nitrogens with one attached hydrogen (secondary N) is 1. The molecule has 0 aliphatic heterocycles. The van der Waals surface area contributed by atoms with Crippen LogP contribution in [0.2, 0.25) is 0 Å². The molecule has 0 saturated carbocycles. The predicted molar refractivity (Wildman–Crippen MR) is 140 cm³/mol. The molecular weight excluding hydrogens is 444 g/mol. The number of aromatic nitrogens is 2. The van der Waals surface area contributed by atoms with E-state index in [1.54, 1.807) is 10.6 Å². The van der Waals surface area contributed by atoms with Crippen LogP contribution >= 0.6 is 11.8 Å². The van der Waals surface area contributed by atoms with Crippen molar-refractivity contribution in [3.8, 4) is 5.69 Å². The molecule has 1 amide bonds. The van der Waals surface area contributed by atoms with Gasteiger partial charge in [-0.05, 0) is 47.9 Å². The highest BCUT2D eigenvalue weighted by molar-refractivity contribution is 7.99. The Balaban J connectivity index is 1.56. The van der Waals surface area contributed by atoms with Crippen molar-refractivity contribution in [2.75, 3.05) is 24.7 Å². The summed E-state index contributed by atoms with van der Waals surface area (Å²) in [5, 5.41) is 4.03. The fourth-order valence-electron chi connectivity index (χ4n) is 3.74. The summed E-state index contributed by atoms with van der Waals surface area (Å²) in [5.74, 6) is 0.0499. The molecule has 0 radical (unpaired) electrons. The number of carbonyl (C=O) groups is 1. The summed E-state index contributed by atoms with van der Waals surface area (Å²) >= 11 is 1.27. The summed E-state index contributed by atoms with van der Waals surface area (Å²) < 4.78 is 1.64. The molecule has 34 heavy (non-hydrogen) atoms. The summed E-state index contributed by atoms with van der Waals surface area (Å²) in [6, 6.07) is 23.2. The second kappa shape index (κ2) is 10.6. The Hall–Kier alpha value is -3.58.